The van der Waals surface area contributed by atoms with Gasteiger partial charge in [0.2, 0.25) is 6.10 Å². The van der Waals surface area contributed by atoms with Gasteiger partial charge in [-0.25, -0.2) is 4.98 Å². The second-order valence-electron chi connectivity index (χ2n) is 7.75. The van der Waals surface area contributed by atoms with E-state index in [1.165, 1.54) is 22.6 Å². The molecule has 1 amide bonds. The third-order valence-corrected chi connectivity index (χ3v) is 6.33. The molecule has 0 unspecified atom stereocenters. The molecule has 0 aliphatic carbocycles. The number of carbonyl (C=O) groups excluding carboxylic acids is 1. The van der Waals surface area contributed by atoms with Crippen molar-refractivity contribution >= 4 is 22.4 Å². The molecular weight excluding hydrogens is 422 g/mol. The van der Waals surface area contributed by atoms with Crippen molar-refractivity contribution in [1.29, 1.82) is 0 Å². The maximum absolute atomic E-state index is 12.7. The van der Waals surface area contributed by atoms with Gasteiger partial charge in [0.15, 0.2) is 16.6 Å². The summed E-state index contributed by atoms with van der Waals surface area (Å²) in [5.41, 5.74) is 5.50. The van der Waals surface area contributed by atoms with E-state index in [2.05, 4.69) is 59.0 Å². The van der Waals surface area contributed by atoms with Crippen LogP contribution in [0.15, 0.2) is 66.0 Å². The lowest BCUT2D eigenvalue weighted by atomic mass is 10.2. The van der Waals surface area contributed by atoms with Gasteiger partial charge < -0.3 is 14.0 Å². The van der Waals surface area contributed by atoms with E-state index in [9.17, 15) is 4.79 Å². The Morgan fingerprint density at radius 2 is 1.88 bits per heavy atom. The quantitative estimate of drug-likeness (QED) is 0.467. The Kier molecular flexibility index (Phi) is 5.41. The summed E-state index contributed by atoms with van der Waals surface area (Å²) in [6.45, 7) is 5.19. The van der Waals surface area contributed by atoms with Crippen molar-refractivity contribution in [2.24, 2.45) is 0 Å². The molecule has 0 saturated heterocycles. The molecule has 162 valence electrons. The van der Waals surface area contributed by atoms with Crippen LogP contribution in [0.25, 0.3) is 11.3 Å². The van der Waals surface area contributed by atoms with Crippen LogP contribution in [-0.4, -0.2) is 28.2 Å². The molecular formula is C25H23N3O3S. The Labute approximate surface area is 190 Å². The number of benzene rings is 2. The van der Waals surface area contributed by atoms with Gasteiger partial charge in [-0.05, 0) is 37.6 Å². The first-order valence-electron chi connectivity index (χ1n) is 10.4. The molecule has 0 radical (unpaired) electrons. The summed E-state index contributed by atoms with van der Waals surface area (Å²) in [6, 6.07) is 19.9. The summed E-state index contributed by atoms with van der Waals surface area (Å²) in [5.74, 6) is 0.957. The van der Waals surface area contributed by atoms with Crippen LogP contribution in [0.1, 0.15) is 17.0 Å². The number of thiazole rings is 1. The monoisotopic (exact) mass is 445 g/mol. The lowest BCUT2D eigenvalue weighted by Gasteiger charge is -2.25. The molecule has 7 heteroatoms. The molecule has 2 aromatic carbocycles. The molecule has 0 spiro atoms. The fourth-order valence-corrected chi connectivity index (χ4v) is 4.57. The van der Waals surface area contributed by atoms with Crippen LogP contribution in [0.5, 0.6) is 11.5 Å². The first-order chi connectivity index (χ1) is 15.6. The topological polar surface area (TPSA) is 65.4 Å². The van der Waals surface area contributed by atoms with Crippen LogP contribution in [0.2, 0.25) is 0 Å². The first kappa shape index (κ1) is 20.3. The number of nitrogens with one attached hydrogen (secondary N) is 1. The number of ether oxygens (including phenoxy) is 2. The Morgan fingerprint density at radius 1 is 1.12 bits per heavy atom. The van der Waals surface area contributed by atoms with Gasteiger partial charge in [-0.1, -0.05) is 42.5 Å². The van der Waals surface area contributed by atoms with Crippen LogP contribution < -0.4 is 14.8 Å². The number of para-hydroxylation sites is 2. The Bertz CT molecular complexity index is 1260. The Balaban J connectivity index is 1.30. The SMILES string of the molecule is Cc1cc(-c2csc(NC(=O)[C@H]3COc4ccccc4O3)n2)c(C)n1Cc1ccccc1. The van der Waals surface area contributed by atoms with Gasteiger partial charge in [-0.2, -0.15) is 0 Å². The lowest BCUT2D eigenvalue weighted by molar-refractivity contribution is -0.125. The number of rotatable bonds is 5. The summed E-state index contributed by atoms with van der Waals surface area (Å²) < 4.78 is 13.7. The molecule has 1 aliphatic rings. The lowest BCUT2D eigenvalue weighted by Crippen LogP contribution is -2.40. The van der Waals surface area contributed by atoms with Gasteiger partial charge in [0.25, 0.3) is 5.91 Å². The maximum Gasteiger partial charge on any atom is 0.270 e. The molecule has 0 saturated carbocycles. The van der Waals surface area contributed by atoms with Gasteiger partial charge >= 0.3 is 0 Å². The van der Waals surface area contributed by atoms with Gasteiger partial charge in [0, 0.05) is 28.9 Å². The standard InChI is InChI=1S/C25H23N3O3S/c1-16-12-19(17(2)28(16)13-18-8-4-3-5-9-18)20-15-32-25(26-20)27-24(29)23-14-30-21-10-6-7-11-22(21)31-23/h3-12,15,23H,13-14H2,1-2H3,(H,26,27,29)/t23-/m1/s1. The zero-order valence-corrected chi connectivity index (χ0v) is 18.7. The Morgan fingerprint density at radius 3 is 2.69 bits per heavy atom. The number of carbonyl (C=O) groups is 1. The highest BCUT2D eigenvalue weighted by atomic mass is 32.1. The number of fused-ring (bicyclic) bond motifs is 1. The molecule has 5 rings (SSSR count). The van der Waals surface area contributed by atoms with E-state index in [4.69, 9.17) is 9.47 Å². The van der Waals surface area contributed by atoms with E-state index in [0.717, 1.165) is 23.5 Å². The van der Waals surface area contributed by atoms with E-state index in [0.29, 0.717) is 16.6 Å². The molecule has 1 N–H and O–H groups in total. The van der Waals surface area contributed by atoms with Crippen molar-refractivity contribution in [1.82, 2.24) is 9.55 Å². The van der Waals surface area contributed by atoms with Crippen molar-refractivity contribution < 1.29 is 14.3 Å². The zero-order valence-electron chi connectivity index (χ0n) is 17.9. The largest absolute Gasteiger partial charge is 0.485 e. The van der Waals surface area contributed by atoms with Crippen molar-refractivity contribution in [3.05, 3.63) is 83.0 Å². The van der Waals surface area contributed by atoms with Gasteiger partial charge in [0.05, 0.1) is 5.69 Å². The average Bonchev–Trinajstić information content (AvgIpc) is 3.39. The predicted molar refractivity (Wildman–Crippen MR) is 126 cm³/mol. The van der Waals surface area contributed by atoms with Crippen LogP contribution in [0.3, 0.4) is 0 Å². The molecule has 0 bridgehead atoms. The van der Waals surface area contributed by atoms with Crippen molar-refractivity contribution in [3.63, 3.8) is 0 Å². The summed E-state index contributed by atoms with van der Waals surface area (Å²) in [4.78, 5) is 17.4. The third-order valence-electron chi connectivity index (χ3n) is 5.57. The molecule has 4 aromatic rings. The summed E-state index contributed by atoms with van der Waals surface area (Å²) in [7, 11) is 0. The minimum absolute atomic E-state index is 0.168. The van der Waals surface area contributed by atoms with E-state index < -0.39 is 6.10 Å². The van der Waals surface area contributed by atoms with E-state index in [1.807, 2.05) is 29.6 Å². The first-order valence-corrected chi connectivity index (χ1v) is 11.3. The van der Waals surface area contributed by atoms with Crippen LogP contribution in [0.4, 0.5) is 5.13 Å². The molecule has 1 atom stereocenters. The number of amides is 1. The van der Waals surface area contributed by atoms with Crippen LogP contribution in [-0.2, 0) is 11.3 Å². The zero-order chi connectivity index (χ0) is 22.1. The number of aryl methyl sites for hydroxylation is 1. The Hall–Kier alpha value is -3.58. The highest BCUT2D eigenvalue weighted by Crippen LogP contribution is 2.32. The molecule has 1 aliphatic heterocycles. The van der Waals surface area contributed by atoms with Crippen molar-refractivity contribution in [3.8, 4) is 22.8 Å². The molecule has 0 fully saturated rings. The molecule has 32 heavy (non-hydrogen) atoms. The van der Waals surface area contributed by atoms with Gasteiger partial charge in [-0.3, -0.25) is 10.1 Å². The average molecular weight is 446 g/mol. The third kappa shape index (κ3) is 3.99. The normalized spacial score (nSPS) is 14.9. The van der Waals surface area contributed by atoms with E-state index >= 15 is 0 Å². The van der Waals surface area contributed by atoms with Gasteiger partial charge in [-0.15, -0.1) is 11.3 Å². The van der Waals surface area contributed by atoms with Crippen molar-refractivity contribution in [2.45, 2.75) is 26.5 Å². The summed E-state index contributed by atoms with van der Waals surface area (Å²) in [5, 5.41) is 5.38. The second-order valence-corrected chi connectivity index (χ2v) is 8.61. The second kappa shape index (κ2) is 8.51. The fraction of sp³-hybridized carbons (Fsp3) is 0.200. The number of hydrogen-bond acceptors (Lipinski definition) is 5. The van der Waals surface area contributed by atoms with Gasteiger partial charge in [0.1, 0.15) is 6.61 Å². The van der Waals surface area contributed by atoms with E-state index in [-0.39, 0.29) is 12.5 Å². The predicted octanol–water partition coefficient (Wildman–Crippen LogP) is 5.06. The minimum atomic E-state index is -0.715. The number of nitrogens with zero attached hydrogens (tertiary/aromatic N) is 2. The number of aromatic nitrogens is 2. The summed E-state index contributed by atoms with van der Waals surface area (Å²) in [6.07, 6.45) is -0.715. The maximum atomic E-state index is 12.7. The highest BCUT2D eigenvalue weighted by molar-refractivity contribution is 7.14. The summed E-state index contributed by atoms with van der Waals surface area (Å²) >= 11 is 1.40. The number of hydrogen-bond donors (Lipinski definition) is 1. The fourth-order valence-electron chi connectivity index (χ4n) is 3.86. The van der Waals surface area contributed by atoms with Crippen LogP contribution >= 0.6 is 11.3 Å². The molecule has 2 aromatic heterocycles. The van der Waals surface area contributed by atoms with Crippen molar-refractivity contribution in [2.75, 3.05) is 11.9 Å². The molecule has 3 heterocycles. The minimum Gasteiger partial charge on any atom is -0.485 e. The van der Waals surface area contributed by atoms with E-state index in [1.54, 1.807) is 6.07 Å². The highest BCUT2D eigenvalue weighted by Gasteiger charge is 2.28. The smallest absolute Gasteiger partial charge is 0.270 e. The number of anilines is 1. The molecule has 6 nitrogen and oxygen atoms in total. The van der Waals surface area contributed by atoms with Crippen LogP contribution in [0, 0.1) is 13.8 Å².